The maximum absolute atomic E-state index is 13.4. The minimum absolute atomic E-state index is 0.0473. The van der Waals surface area contributed by atoms with Crippen LogP contribution in [0.15, 0.2) is 78.2 Å². The van der Waals surface area contributed by atoms with Gasteiger partial charge in [0.05, 0.1) is 17.1 Å². The van der Waals surface area contributed by atoms with Crippen LogP contribution in [0.5, 0.6) is 0 Å². The Balaban J connectivity index is 2.29. The number of sulfonamides is 1. The number of aryl methyl sites for hydroxylation is 1. The molecule has 3 aromatic carbocycles. The van der Waals surface area contributed by atoms with Crippen LogP contribution in [0.25, 0.3) is 10.8 Å². The van der Waals surface area contributed by atoms with E-state index in [1.165, 1.54) is 4.31 Å². The van der Waals surface area contributed by atoms with E-state index in [-0.39, 0.29) is 11.4 Å². The van der Waals surface area contributed by atoms with E-state index in [0.29, 0.717) is 12.1 Å². The predicted octanol–water partition coefficient (Wildman–Crippen LogP) is 4.71. The van der Waals surface area contributed by atoms with Crippen molar-refractivity contribution >= 4 is 26.5 Å². The monoisotopic (exact) mass is 375 g/mol. The molecule has 0 amide bonds. The molecule has 0 saturated carbocycles. The van der Waals surface area contributed by atoms with Crippen molar-refractivity contribution in [2.24, 2.45) is 0 Å². The number of rotatable bonds is 6. The van der Waals surface area contributed by atoms with Crippen molar-refractivity contribution in [1.82, 2.24) is 0 Å². The van der Waals surface area contributed by atoms with E-state index in [9.17, 15) is 8.42 Å². The van der Waals surface area contributed by atoms with Crippen LogP contribution in [0.1, 0.15) is 11.1 Å². The molecule has 0 aliphatic rings. The Hall–Kier alpha value is -3.03. The van der Waals surface area contributed by atoms with Crippen LogP contribution in [-0.2, 0) is 16.4 Å². The SMILES string of the molecule is C#CCN(c1c(CC=C)ccc2ccccc12)S(=O)(=O)c1ccc(C)cc1. The smallest absolute Gasteiger partial charge is 0.253 e. The second-order valence-corrected chi connectivity index (χ2v) is 8.18. The Labute approximate surface area is 161 Å². The van der Waals surface area contributed by atoms with Gasteiger partial charge in [0, 0.05) is 5.39 Å². The average molecular weight is 375 g/mol. The summed E-state index contributed by atoms with van der Waals surface area (Å²) < 4.78 is 28.2. The summed E-state index contributed by atoms with van der Waals surface area (Å²) in [4.78, 5) is 0.223. The van der Waals surface area contributed by atoms with E-state index in [0.717, 1.165) is 21.9 Å². The number of terminal acetylenes is 1. The largest absolute Gasteiger partial charge is 0.265 e. The Morgan fingerprint density at radius 2 is 1.78 bits per heavy atom. The summed E-state index contributed by atoms with van der Waals surface area (Å²) >= 11 is 0. The van der Waals surface area contributed by atoms with Crippen molar-refractivity contribution in [3.05, 3.63) is 84.4 Å². The summed E-state index contributed by atoms with van der Waals surface area (Å²) in [6.07, 6.45) is 7.87. The predicted molar refractivity (Wildman–Crippen MR) is 112 cm³/mol. The summed E-state index contributed by atoms with van der Waals surface area (Å²) in [5, 5.41) is 1.81. The summed E-state index contributed by atoms with van der Waals surface area (Å²) in [7, 11) is -3.81. The first-order valence-electron chi connectivity index (χ1n) is 8.63. The van der Waals surface area contributed by atoms with E-state index in [4.69, 9.17) is 6.42 Å². The molecule has 0 fully saturated rings. The third kappa shape index (κ3) is 3.60. The van der Waals surface area contributed by atoms with E-state index in [1.54, 1.807) is 30.3 Å². The van der Waals surface area contributed by atoms with Crippen LogP contribution in [0, 0.1) is 19.3 Å². The third-order valence-electron chi connectivity index (χ3n) is 4.44. The first kappa shape index (κ1) is 18.8. The highest BCUT2D eigenvalue weighted by Gasteiger charge is 2.27. The summed E-state index contributed by atoms with van der Waals surface area (Å²) in [5.41, 5.74) is 2.48. The van der Waals surface area contributed by atoms with Crippen LogP contribution >= 0.6 is 0 Å². The molecule has 3 nitrogen and oxygen atoms in total. The molecule has 0 atom stereocenters. The lowest BCUT2D eigenvalue weighted by atomic mass is 10.0. The minimum Gasteiger partial charge on any atom is -0.253 e. The molecule has 0 aliphatic carbocycles. The van der Waals surface area contributed by atoms with Gasteiger partial charge in [0.1, 0.15) is 0 Å². The van der Waals surface area contributed by atoms with Crippen LogP contribution in [0.4, 0.5) is 5.69 Å². The van der Waals surface area contributed by atoms with E-state index < -0.39 is 10.0 Å². The van der Waals surface area contributed by atoms with Gasteiger partial charge >= 0.3 is 0 Å². The standard InChI is InChI=1S/C23H21NO2S/c1-4-8-20-14-13-19-9-6-7-10-22(19)23(20)24(17-5-2)27(25,26)21-15-11-18(3)12-16-21/h2,4,6-7,9-16H,1,8,17H2,3H3. The normalized spacial score (nSPS) is 11.1. The van der Waals surface area contributed by atoms with Gasteiger partial charge in [-0.3, -0.25) is 4.31 Å². The van der Waals surface area contributed by atoms with Crippen molar-refractivity contribution in [2.45, 2.75) is 18.2 Å². The Kier molecular flexibility index (Phi) is 5.34. The van der Waals surface area contributed by atoms with Gasteiger partial charge in [-0.25, -0.2) is 8.42 Å². The van der Waals surface area contributed by atoms with Crippen LogP contribution in [-0.4, -0.2) is 15.0 Å². The molecule has 0 aromatic heterocycles. The van der Waals surface area contributed by atoms with Gasteiger partial charge in [-0.2, -0.15) is 0 Å². The fourth-order valence-corrected chi connectivity index (χ4v) is 4.55. The Bertz CT molecular complexity index is 1120. The van der Waals surface area contributed by atoms with E-state index >= 15 is 0 Å². The fraction of sp³-hybridized carbons (Fsp3) is 0.130. The maximum Gasteiger partial charge on any atom is 0.265 e. The molecule has 136 valence electrons. The highest BCUT2D eigenvalue weighted by molar-refractivity contribution is 7.92. The van der Waals surface area contributed by atoms with Crippen molar-refractivity contribution < 1.29 is 8.42 Å². The molecule has 0 N–H and O–H groups in total. The number of fused-ring (bicyclic) bond motifs is 1. The van der Waals surface area contributed by atoms with Crippen molar-refractivity contribution in [1.29, 1.82) is 0 Å². The third-order valence-corrected chi connectivity index (χ3v) is 6.20. The van der Waals surface area contributed by atoms with Crippen LogP contribution in [0.3, 0.4) is 0 Å². The van der Waals surface area contributed by atoms with E-state index in [1.807, 2.05) is 43.3 Å². The zero-order chi connectivity index (χ0) is 19.4. The molecule has 3 rings (SSSR count). The van der Waals surface area contributed by atoms with Crippen LogP contribution < -0.4 is 4.31 Å². The molecule has 0 spiro atoms. The molecule has 0 unspecified atom stereocenters. The second-order valence-electron chi connectivity index (χ2n) is 6.32. The molecular formula is C23H21NO2S. The second kappa shape index (κ2) is 7.69. The molecule has 0 aliphatic heterocycles. The quantitative estimate of drug-likeness (QED) is 0.462. The van der Waals surface area contributed by atoms with Crippen molar-refractivity contribution in [2.75, 3.05) is 10.8 Å². The van der Waals surface area contributed by atoms with Gasteiger partial charge in [0.2, 0.25) is 0 Å². The molecule has 4 heteroatoms. The molecule has 0 heterocycles. The lowest BCUT2D eigenvalue weighted by Crippen LogP contribution is -2.32. The van der Waals surface area contributed by atoms with Crippen molar-refractivity contribution in [3.63, 3.8) is 0 Å². The van der Waals surface area contributed by atoms with Gasteiger partial charge < -0.3 is 0 Å². The summed E-state index contributed by atoms with van der Waals surface area (Å²) in [5.74, 6) is 2.51. The summed E-state index contributed by atoms with van der Waals surface area (Å²) in [6, 6.07) is 18.4. The number of benzene rings is 3. The molecule has 0 radical (unpaired) electrons. The lowest BCUT2D eigenvalue weighted by molar-refractivity contribution is 0.593. The molecule has 0 saturated heterocycles. The number of hydrogen-bond donors (Lipinski definition) is 0. The van der Waals surface area contributed by atoms with Crippen molar-refractivity contribution in [3.8, 4) is 12.3 Å². The maximum atomic E-state index is 13.4. The number of allylic oxidation sites excluding steroid dienone is 1. The molecular weight excluding hydrogens is 354 g/mol. The topological polar surface area (TPSA) is 37.4 Å². The minimum atomic E-state index is -3.81. The molecule has 3 aromatic rings. The zero-order valence-corrected chi connectivity index (χ0v) is 16.0. The number of anilines is 1. The Morgan fingerprint density at radius 1 is 1.07 bits per heavy atom. The Morgan fingerprint density at radius 3 is 2.44 bits per heavy atom. The molecule has 0 bridgehead atoms. The van der Waals surface area contributed by atoms with Crippen LogP contribution in [0.2, 0.25) is 0 Å². The van der Waals surface area contributed by atoms with Gasteiger partial charge in [0.15, 0.2) is 0 Å². The van der Waals surface area contributed by atoms with Gasteiger partial charge in [-0.1, -0.05) is 66.1 Å². The molecule has 27 heavy (non-hydrogen) atoms. The first-order valence-corrected chi connectivity index (χ1v) is 10.1. The zero-order valence-electron chi connectivity index (χ0n) is 15.2. The average Bonchev–Trinajstić information content (AvgIpc) is 2.67. The number of hydrogen-bond acceptors (Lipinski definition) is 2. The highest BCUT2D eigenvalue weighted by Crippen LogP contribution is 2.35. The van der Waals surface area contributed by atoms with Gasteiger partial charge in [-0.05, 0) is 36.4 Å². The van der Waals surface area contributed by atoms with Gasteiger partial charge in [0.25, 0.3) is 10.0 Å². The van der Waals surface area contributed by atoms with E-state index in [2.05, 4.69) is 12.5 Å². The summed E-state index contributed by atoms with van der Waals surface area (Å²) in [6.45, 7) is 5.68. The first-order chi connectivity index (χ1) is 13.0. The fourth-order valence-electron chi connectivity index (χ4n) is 3.12. The number of nitrogens with zero attached hydrogens (tertiary/aromatic N) is 1. The highest BCUT2D eigenvalue weighted by atomic mass is 32.2. The van der Waals surface area contributed by atoms with Gasteiger partial charge in [-0.15, -0.1) is 13.0 Å². The lowest BCUT2D eigenvalue weighted by Gasteiger charge is -2.26.